The number of amides is 2. The third-order valence-corrected chi connectivity index (χ3v) is 4.81. The van der Waals surface area contributed by atoms with Gasteiger partial charge in [0.05, 0.1) is 36.9 Å². The van der Waals surface area contributed by atoms with Crippen LogP contribution in [0.3, 0.4) is 0 Å². The van der Waals surface area contributed by atoms with Gasteiger partial charge in [0.2, 0.25) is 0 Å². The van der Waals surface area contributed by atoms with Crippen LogP contribution in [0.1, 0.15) is 43.7 Å². The van der Waals surface area contributed by atoms with E-state index >= 15 is 0 Å². The highest BCUT2D eigenvalue weighted by Gasteiger charge is 2.17. The molecule has 2 aromatic carbocycles. The minimum absolute atomic E-state index is 0.183. The number of carbonyl (C=O) groups excluding carboxylic acids is 3. The summed E-state index contributed by atoms with van der Waals surface area (Å²) in [5.41, 5.74) is 6.82. The zero-order chi connectivity index (χ0) is 23.3. The molecule has 0 aliphatic rings. The smallest absolute Gasteiger partial charge is 0.341 e. The Morgan fingerprint density at radius 1 is 1.03 bits per heavy atom. The summed E-state index contributed by atoms with van der Waals surface area (Å²) >= 11 is 5.93. The van der Waals surface area contributed by atoms with Crippen molar-refractivity contribution in [1.82, 2.24) is 20.6 Å². The molecule has 0 atom stereocenters. The molecule has 2 N–H and O–H groups in total. The Balaban J connectivity index is 1.68. The summed E-state index contributed by atoms with van der Waals surface area (Å²) in [5.74, 6) is -1.22. The van der Waals surface area contributed by atoms with Gasteiger partial charge in [-0.2, -0.15) is 5.10 Å². The summed E-state index contributed by atoms with van der Waals surface area (Å²) in [5, 5.41) is 4.58. The highest BCUT2D eigenvalue weighted by Crippen LogP contribution is 2.22. The van der Waals surface area contributed by atoms with Crippen LogP contribution < -0.4 is 15.6 Å². The van der Waals surface area contributed by atoms with Crippen LogP contribution in [0.4, 0.5) is 0 Å². The first-order valence-corrected chi connectivity index (χ1v) is 10.00. The third kappa shape index (κ3) is 4.89. The molecule has 32 heavy (non-hydrogen) atoms. The van der Waals surface area contributed by atoms with Crippen molar-refractivity contribution >= 4 is 29.4 Å². The van der Waals surface area contributed by atoms with Crippen LogP contribution >= 0.6 is 11.6 Å². The van der Waals surface area contributed by atoms with Crippen LogP contribution in [-0.4, -0.2) is 41.3 Å². The maximum atomic E-state index is 12.4. The highest BCUT2D eigenvalue weighted by molar-refractivity contribution is 6.31. The molecule has 1 heterocycles. The molecule has 0 radical (unpaired) electrons. The van der Waals surface area contributed by atoms with Crippen LogP contribution in [0.2, 0.25) is 5.02 Å². The number of halogens is 1. The Kier molecular flexibility index (Phi) is 7.11. The van der Waals surface area contributed by atoms with Gasteiger partial charge < -0.3 is 9.47 Å². The topological polar surface area (TPSA) is 112 Å². The van der Waals surface area contributed by atoms with Crippen molar-refractivity contribution in [2.24, 2.45) is 0 Å². The molecule has 0 saturated carbocycles. The van der Waals surface area contributed by atoms with Crippen LogP contribution in [0.15, 0.2) is 48.7 Å². The van der Waals surface area contributed by atoms with Crippen LogP contribution in [0.25, 0.3) is 5.69 Å². The van der Waals surface area contributed by atoms with E-state index in [2.05, 4.69) is 16.0 Å². The Labute approximate surface area is 189 Å². The number of rotatable bonds is 6. The Hall–Kier alpha value is -3.85. The molecule has 0 unspecified atom stereocenters. The summed E-state index contributed by atoms with van der Waals surface area (Å²) in [6.07, 6.45) is 1.44. The number of nitrogens with one attached hydrogen (secondary N) is 2. The largest absolute Gasteiger partial charge is 0.496 e. The van der Waals surface area contributed by atoms with Crippen molar-refractivity contribution in [3.8, 4) is 11.4 Å². The maximum Gasteiger partial charge on any atom is 0.341 e. The Bertz CT molecular complexity index is 1160. The molecule has 0 spiro atoms. The molecule has 166 valence electrons. The molecular formula is C22H21ClN4O5. The van der Waals surface area contributed by atoms with Gasteiger partial charge >= 0.3 is 5.97 Å². The number of carbonyl (C=O) groups is 3. The van der Waals surface area contributed by atoms with Gasteiger partial charge in [0.15, 0.2) is 0 Å². The fourth-order valence-electron chi connectivity index (χ4n) is 2.94. The number of hydrogen-bond acceptors (Lipinski definition) is 6. The van der Waals surface area contributed by atoms with Gasteiger partial charge in [-0.1, -0.05) is 11.6 Å². The lowest BCUT2D eigenvalue weighted by atomic mass is 10.2. The SMILES string of the molecule is CCOC(=O)c1cnn(-c2ccc(C(=O)NNC(=O)c3cc(Cl)ccc3OC)cc2)c1C. The summed E-state index contributed by atoms with van der Waals surface area (Å²) < 4.78 is 11.7. The number of nitrogens with zero attached hydrogens (tertiary/aromatic N) is 2. The number of ether oxygens (including phenoxy) is 2. The van der Waals surface area contributed by atoms with Crippen molar-refractivity contribution in [1.29, 1.82) is 0 Å². The number of hydrazine groups is 1. The lowest BCUT2D eigenvalue weighted by Crippen LogP contribution is -2.41. The quantitative estimate of drug-likeness (QED) is 0.435. The average Bonchev–Trinajstić information content (AvgIpc) is 3.18. The van der Waals surface area contributed by atoms with E-state index in [0.717, 1.165) is 0 Å². The second-order valence-corrected chi connectivity index (χ2v) is 7.01. The molecular weight excluding hydrogens is 436 g/mol. The second-order valence-electron chi connectivity index (χ2n) is 6.58. The zero-order valence-electron chi connectivity index (χ0n) is 17.6. The van der Waals surface area contributed by atoms with Gasteiger partial charge in [-0.15, -0.1) is 0 Å². The second kappa shape index (κ2) is 9.97. The van der Waals surface area contributed by atoms with E-state index in [1.165, 1.54) is 19.4 Å². The number of methoxy groups -OCH3 is 1. The monoisotopic (exact) mass is 456 g/mol. The van der Waals surface area contributed by atoms with Crippen LogP contribution in [0, 0.1) is 6.92 Å². The van der Waals surface area contributed by atoms with Crippen molar-refractivity contribution in [2.45, 2.75) is 13.8 Å². The van der Waals surface area contributed by atoms with E-state index in [-0.39, 0.29) is 12.2 Å². The predicted octanol–water partition coefficient (Wildman–Crippen LogP) is 3.09. The minimum atomic E-state index is -0.576. The molecule has 0 aliphatic carbocycles. The van der Waals surface area contributed by atoms with Crippen molar-refractivity contribution in [3.05, 3.63) is 76.1 Å². The molecule has 0 saturated heterocycles. The summed E-state index contributed by atoms with van der Waals surface area (Å²) in [4.78, 5) is 36.8. The van der Waals surface area contributed by atoms with Gasteiger partial charge in [0, 0.05) is 10.6 Å². The molecule has 9 nitrogen and oxygen atoms in total. The standard InChI is InChI=1S/C22H21ClN4O5/c1-4-32-22(30)18-12-24-27(13(18)2)16-8-5-14(6-9-16)20(28)25-26-21(29)17-11-15(23)7-10-19(17)31-3/h5-12H,4H2,1-3H3,(H,25,28)(H,26,29). The lowest BCUT2D eigenvalue weighted by Gasteiger charge is -2.11. The predicted molar refractivity (Wildman–Crippen MR) is 117 cm³/mol. The highest BCUT2D eigenvalue weighted by atomic mass is 35.5. The van der Waals surface area contributed by atoms with Crippen molar-refractivity contribution in [2.75, 3.05) is 13.7 Å². The maximum absolute atomic E-state index is 12.4. The molecule has 0 aliphatic heterocycles. The van der Waals surface area contributed by atoms with E-state index in [1.54, 1.807) is 54.9 Å². The van der Waals surface area contributed by atoms with Gasteiger partial charge in [-0.05, 0) is 56.3 Å². The van der Waals surface area contributed by atoms with E-state index < -0.39 is 17.8 Å². The third-order valence-electron chi connectivity index (χ3n) is 4.57. The summed E-state index contributed by atoms with van der Waals surface area (Å²) in [7, 11) is 1.43. The number of esters is 1. The van der Waals surface area contributed by atoms with Crippen LogP contribution in [-0.2, 0) is 4.74 Å². The van der Waals surface area contributed by atoms with Crippen LogP contribution in [0.5, 0.6) is 5.75 Å². The fraction of sp³-hybridized carbons (Fsp3) is 0.182. The molecule has 10 heteroatoms. The molecule has 3 aromatic rings. The fourth-order valence-corrected chi connectivity index (χ4v) is 3.12. The average molecular weight is 457 g/mol. The minimum Gasteiger partial charge on any atom is -0.496 e. The molecule has 2 amide bonds. The summed E-state index contributed by atoms with van der Waals surface area (Å²) in [6.45, 7) is 3.75. The van der Waals surface area contributed by atoms with Crippen molar-refractivity contribution < 1.29 is 23.9 Å². The summed E-state index contributed by atoms with van der Waals surface area (Å²) in [6, 6.07) is 11.1. The molecule has 1 aromatic heterocycles. The first-order valence-electron chi connectivity index (χ1n) is 9.62. The number of aromatic nitrogens is 2. The zero-order valence-corrected chi connectivity index (χ0v) is 18.4. The van der Waals surface area contributed by atoms with E-state index in [0.29, 0.717) is 33.3 Å². The lowest BCUT2D eigenvalue weighted by molar-refractivity contribution is 0.0525. The first-order chi connectivity index (χ1) is 15.3. The van der Waals surface area contributed by atoms with E-state index in [1.807, 2.05) is 0 Å². The van der Waals surface area contributed by atoms with Gasteiger partial charge in [-0.3, -0.25) is 20.4 Å². The van der Waals surface area contributed by atoms with E-state index in [9.17, 15) is 14.4 Å². The molecule has 0 fully saturated rings. The normalized spacial score (nSPS) is 10.4. The first kappa shape index (κ1) is 22.8. The van der Waals surface area contributed by atoms with Gasteiger partial charge in [-0.25, -0.2) is 9.48 Å². The molecule has 0 bridgehead atoms. The number of hydrogen-bond donors (Lipinski definition) is 2. The molecule has 3 rings (SSSR count). The van der Waals surface area contributed by atoms with Crippen molar-refractivity contribution in [3.63, 3.8) is 0 Å². The Morgan fingerprint density at radius 3 is 2.38 bits per heavy atom. The van der Waals surface area contributed by atoms with Gasteiger partial charge in [0.1, 0.15) is 11.3 Å². The van der Waals surface area contributed by atoms with Gasteiger partial charge in [0.25, 0.3) is 11.8 Å². The Morgan fingerprint density at radius 2 is 1.72 bits per heavy atom. The number of benzene rings is 2. The van der Waals surface area contributed by atoms with E-state index in [4.69, 9.17) is 21.1 Å².